The Bertz CT molecular complexity index is 428. The highest BCUT2D eigenvalue weighted by atomic mass is 16.3. The van der Waals surface area contributed by atoms with Crippen molar-refractivity contribution in [3.8, 4) is 0 Å². The minimum Gasteiger partial charge on any atom is -0.398 e. The molecule has 1 aliphatic carbocycles. The third-order valence-corrected chi connectivity index (χ3v) is 3.87. The van der Waals surface area contributed by atoms with Crippen LogP contribution in [0.1, 0.15) is 42.5 Å². The van der Waals surface area contributed by atoms with Crippen molar-refractivity contribution in [2.75, 3.05) is 12.3 Å². The van der Waals surface area contributed by atoms with Crippen molar-refractivity contribution >= 4 is 11.6 Å². The van der Waals surface area contributed by atoms with Crippen molar-refractivity contribution in [2.45, 2.75) is 38.2 Å². The van der Waals surface area contributed by atoms with E-state index in [1.54, 1.807) is 24.3 Å². The Morgan fingerprint density at radius 2 is 2.00 bits per heavy atom. The van der Waals surface area contributed by atoms with E-state index in [0.717, 1.165) is 12.8 Å². The highest BCUT2D eigenvalue weighted by Gasteiger charge is 2.22. The molecule has 1 aromatic carbocycles. The van der Waals surface area contributed by atoms with Crippen LogP contribution in [0.25, 0.3) is 0 Å². The number of para-hydroxylation sites is 1. The molecule has 0 spiro atoms. The molecule has 0 saturated heterocycles. The van der Waals surface area contributed by atoms with Crippen LogP contribution in [0, 0.1) is 5.92 Å². The predicted octanol–water partition coefficient (Wildman–Crippen LogP) is 1.94. The summed E-state index contributed by atoms with van der Waals surface area (Å²) in [5.74, 6) is 0.107. The molecule has 0 aliphatic heterocycles. The van der Waals surface area contributed by atoms with Crippen molar-refractivity contribution in [3.05, 3.63) is 29.8 Å². The molecule has 1 aromatic rings. The number of anilines is 1. The molecule has 1 saturated carbocycles. The Morgan fingerprint density at radius 3 is 2.68 bits per heavy atom. The van der Waals surface area contributed by atoms with Gasteiger partial charge in [-0.15, -0.1) is 0 Å². The van der Waals surface area contributed by atoms with Crippen LogP contribution in [0.3, 0.4) is 0 Å². The van der Waals surface area contributed by atoms with Gasteiger partial charge in [0.15, 0.2) is 0 Å². The summed E-state index contributed by atoms with van der Waals surface area (Å²) in [6.07, 6.45) is 5.29. The van der Waals surface area contributed by atoms with Crippen molar-refractivity contribution in [1.29, 1.82) is 0 Å². The number of aliphatic hydroxyl groups excluding tert-OH is 1. The second-order valence-electron chi connectivity index (χ2n) is 5.26. The molecular formula is C15H22N2O2. The molecule has 1 fully saturated rings. The number of hydrogen-bond donors (Lipinski definition) is 3. The molecule has 0 radical (unpaired) electrons. The van der Waals surface area contributed by atoms with Crippen molar-refractivity contribution in [3.63, 3.8) is 0 Å². The summed E-state index contributed by atoms with van der Waals surface area (Å²) >= 11 is 0. The fraction of sp³-hybridized carbons (Fsp3) is 0.533. The van der Waals surface area contributed by atoms with E-state index in [0.29, 0.717) is 23.7 Å². The average Bonchev–Trinajstić information content (AvgIpc) is 2.46. The molecule has 0 heterocycles. The summed E-state index contributed by atoms with van der Waals surface area (Å²) in [6.45, 7) is 0.303. The first-order valence-corrected chi connectivity index (χ1v) is 6.99. The van der Waals surface area contributed by atoms with E-state index in [9.17, 15) is 9.90 Å². The minimum atomic E-state index is -0.450. The number of rotatable bonds is 4. The van der Waals surface area contributed by atoms with E-state index in [1.807, 2.05) is 0 Å². The van der Waals surface area contributed by atoms with E-state index < -0.39 is 6.10 Å². The smallest absolute Gasteiger partial charge is 0.253 e. The fourth-order valence-corrected chi connectivity index (χ4v) is 2.68. The van der Waals surface area contributed by atoms with Crippen LogP contribution in [0.2, 0.25) is 0 Å². The maximum absolute atomic E-state index is 12.0. The van der Waals surface area contributed by atoms with E-state index >= 15 is 0 Å². The van der Waals surface area contributed by atoms with Gasteiger partial charge in [0, 0.05) is 12.2 Å². The number of nitrogens with one attached hydrogen (secondary N) is 1. The van der Waals surface area contributed by atoms with Gasteiger partial charge >= 0.3 is 0 Å². The maximum atomic E-state index is 12.0. The molecule has 4 nitrogen and oxygen atoms in total. The van der Waals surface area contributed by atoms with Crippen LogP contribution < -0.4 is 11.1 Å². The largest absolute Gasteiger partial charge is 0.398 e. The zero-order chi connectivity index (χ0) is 13.7. The SMILES string of the molecule is Nc1ccccc1C(=O)NCC(O)C1CCCCC1. The quantitative estimate of drug-likeness (QED) is 0.726. The maximum Gasteiger partial charge on any atom is 0.253 e. The van der Waals surface area contributed by atoms with E-state index in [4.69, 9.17) is 5.73 Å². The van der Waals surface area contributed by atoms with Crippen LogP contribution in [-0.4, -0.2) is 23.7 Å². The Kier molecular flexibility index (Phi) is 4.80. The van der Waals surface area contributed by atoms with Crippen molar-refractivity contribution in [2.24, 2.45) is 5.92 Å². The van der Waals surface area contributed by atoms with Crippen LogP contribution in [-0.2, 0) is 0 Å². The second-order valence-corrected chi connectivity index (χ2v) is 5.26. The molecule has 1 unspecified atom stereocenters. The fourth-order valence-electron chi connectivity index (χ4n) is 2.68. The van der Waals surface area contributed by atoms with Crippen LogP contribution >= 0.6 is 0 Å². The Balaban J connectivity index is 1.84. The Hall–Kier alpha value is -1.55. The normalized spacial score (nSPS) is 17.9. The lowest BCUT2D eigenvalue weighted by molar-refractivity contribution is 0.0739. The number of amides is 1. The summed E-state index contributed by atoms with van der Waals surface area (Å²) in [4.78, 5) is 12.0. The molecule has 1 atom stereocenters. The van der Waals surface area contributed by atoms with Gasteiger partial charge in [-0.2, -0.15) is 0 Å². The van der Waals surface area contributed by atoms with Gasteiger partial charge in [-0.05, 0) is 30.9 Å². The molecule has 1 aliphatic rings. The summed E-state index contributed by atoms with van der Waals surface area (Å²) < 4.78 is 0. The highest BCUT2D eigenvalue weighted by molar-refractivity contribution is 5.99. The summed E-state index contributed by atoms with van der Waals surface area (Å²) in [7, 11) is 0. The van der Waals surface area contributed by atoms with E-state index in [2.05, 4.69) is 5.32 Å². The first-order chi connectivity index (χ1) is 9.18. The summed E-state index contributed by atoms with van der Waals surface area (Å²) in [6, 6.07) is 6.97. The lowest BCUT2D eigenvalue weighted by atomic mass is 9.85. The van der Waals surface area contributed by atoms with Crippen LogP contribution in [0.15, 0.2) is 24.3 Å². The first-order valence-electron chi connectivity index (χ1n) is 6.99. The molecule has 2 rings (SSSR count). The minimum absolute atomic E-state index is 0.215. The zero-order valence-electron chi connectivity index (χ0n) is 11.1. The predicted molar refractivity (Wildman–Crippen MR) is 75.8 cm³/mol. The number of carbonyl (C=O) groups is 1. The van der Waals surface area contributed by atoms with Gasteiger partial charge in [-0.1, -0.05) is 31.4 Å². The number of benzene rings is 1. The van der Waals surface area contributed by atoms with E-state index in [1.165, 1.54) is 19.3 Å². The third kappa shape index (κ3) is 3.70. The van der Waals surface area contributed by atoms with Crippen molar-refractivity contribution in [1.82, 2.24) is 5.32 Å². The molecule has 19 heavy (non-hydrogen) atoms. The monoisotopic (exact) mass is 262 g/mol. The van der Waals surface area contributed by atoms with Crippen LogP contribution in [0.4, 0.5) is 5.69 Å². The van der Waals surface area contributed by atoms with Gasteiger partial charge in [-0.3, -0.25) is 4.79 Å². The van der Waals surface area contributed by atoms with Gasteiger partial charge in [0.2, 0.25) is 0 Å². The number of nitrogen functional groups attached to an aromatic ring is 1. The lowest BCUT2D eigenvalue weighted by Crippen LogP contribution is -2.37. The van der Waals surface area contributed by atoms with Gasteiger partial charge < -0.3 is 16.2 Å². The number of aliphatic hydroxyl groups is 1. The first kappa shape index (κ1) is 13.9. The molecular weight excluding hydrogens is 240 g/mol. The topological polar surface area (TPSA) is 75.4 Å². The van der Waals surface area contributed by atoms with Gasteiger partial charge in [-0.25, -0.2) is 0 Å². The molecule has 4 heteroatoms. The second kappa shape index (κ2) is 6.57. The Morgan fingerprint density at radius 1 is 1.32 bits per heavy atom. The van der Waals surface area contributed by atoms with Gasteiger partial charge in [0.25, 0.3) is 5.91 Å². The molecule has 4 N–H and O–H groups in total. The Labute approximate surface area is 114 Å². The third-order valence-electron chi connectivity index (χ3n) is 3.87. The average molecular weight is 262 g/mol. The van der Waals surface area contributed by atoms with Crippen molar-refractivity contribution < 1.29 is 9.90 Å². The standard InChI is InChI=1S/C15H22N2O2/c16-13-9-5-4-8-12(13)15(19)17-10-14(18)11-6-2-1-3-7-11/h4-5,8-9,11,14,18H,1-3,6-7,10,16H2,(H,17,19). The number of carbonyl (C=O) groups excluding carboxylic acids is 1. The number of nitrogens with two attached hydrogens (primary N) is 1. The highest BCUT2D eigenvalue weighted by Crippen LogP contribution is 2.26. The molecule has 0 bridgehead atoms. The van der Waals surface area contributed by atoms with Gasteiger partial charge in [0.05, 0.1) is 11.7 Å². The lowest BCUT2D eigenvalue weighted by Gasteiger charge is -2.26. The summed E-state index contributed by atoms with van der Waals surface area (Å²) in [5.41, 5.74) is 6.68. The summed E-state index contributed by atoms with van der Waals surface area (Å²) in [5, 5.41) is 12.9. The molecule has 0 aromatic heterocycles. The molecule has 104 valence electrons. The van der Waals surface area contributed by atoms with E-state index in [-0.39, 0.29) is 5.91 Å². The number of hydrogen-bond acceptors (Lipinski definition) is 3. The van der Waals surface area contributed by atoms with Gasteiger partial charge in [0.1, 0.15) is 0 Å². The van der Waals surface area contributed by atoms with Crippen LogP contribution in [0.5, 0.6) is 0 Å². The zero-order valence-corrected chi connectivity index (χ0v) is 11.1. The molecule has 1 amide bonds.